The third-order valence-corrected chi connectivity index (χ3v) is 4.18. The fourth-order valence-electron chi connectivity index (χ4n) is 2.64. The Bertz CT molecular complexity index is 491. The summed E-state index contributed by atoms with van der Waals surface area (Å²) in [5.74, 6) is 0.440. The molecule has 0 aromatic heterocycles. The molecule has 0 saturated heterocycles. The predicted octanol–water partition coefficient (Wildman–Crippen LogP) is 3.31. The lowest BCUT2D eigenvalue weighted by atomic mass is 9.82. The van der Waals surface area contributed by atoms with Crippen LogP contribution in [0.3, 0.4) is 0 Å². The quantitative estimate of drug-likeness (QED) is 0.859. The number of rotatable bonds is 5. The summed E-state index contributed by atoms with van der Waals surface area (Å²) in [7, 11) is 0. The van der Waals surface area contributed by atoms with Crippen molar-refractivity contribution in [3.05, 3.63) is 29.3 Å². The molecule has 2 rings (SSSR count). The van der Waals surface area contributed by atoms with Gasteiger partial charge in [0.15, 0.2) is 6.10 Å². The van der Waals surface area contributed by atoms with Crippen molar-refractivity contribution in [1.82, 2.24) is 5.32 Å². The standard InChI is InChI=1S/C16H23ClN2O2.ClH/c1-12(21-14-7-5-6-13(17)10-14)15(20)19-11-16(18)8-3-2-4-9-16;/h5-7,10,12H,2-4,8-9,11,18H2,1H3,(H,19,20);1H. The van der Waals surface area contributed by atoms with Gasteiger partial charge in [-0.1, -0.05) is 36.9 Å². The average Bonchev–Trinajstić information content (AvgIpc) is 2.45. The first-order chi connectivity index (χ1) is 9.98. The molecule has 1 fully saturated rings. The van der Waals surface area contributed by atoms with Crippen molar-refractivity contribution < 1.29 is 9.53 Å². The SMILES string of the molecule is CC(Oc1cccc(Cl)c1)C(=O)NCC1(N)CCCCC1.Cl. The number of carbonyl (C=O) groups excluding carboxylic acids is 1. The molecule has 6 heteroatoms. The molecule has 4 nitrogen and oxygen atoms in total. The molecule has 22 heavy (non-hydrogen) atoms. The van der Waals surface area contributed by atoms with Crippen molar-refractivity contribution in [2.24, 2.45) is 5.73 Å². The first-order valence-corrected chi connectivity index (χ1v) is 7.85. The van der Waals surface area contributed by atoms with Gasteiger partial charge in [-0.25, -0.2) is 0 Å². The zero-order valence-electron chi connectivity index (χ0n) is 12.8. The van der Waals surface area contributed by atoms with Crippen molar-refractivity contribution in [3.63, 3.8) is 0 Å². The third kappa shape index (κ3) is 5.67. The van der Waals surface area contributed by atoms with Crippen molar-refractivity contribution in [2.75, 3.05) is 6.54 Å². The van der Waals surface area contributed by atoms with E-state index in [0.717, 1.165) is 25.7 Å². The van der Waals surface area contributed by atoms with Gasteiger partial charge in [-0.2, -0.15) is 0 Å². The fourth-order valence-corrected chi connectivity index (χ4v) is 2.82. The Hall–Kier alpha value is -0.970. The molecule has 0 radical (unpaired) electrons. The van der Waals surface area contributed by atoms with E-state index in [4.69, 9.17) is 22.1 Å². The zero-order chi connectivity index (χ0) is 15.3. The van der Waals surface area contributed by atoms with Crippen molar-refractivity contribution >= 4 is 29.9 Å². The molecule has 3 N–H and O–H groups in total. The van der Waals surface area contributed by atoms with E-state index >= 15 is 0 Å². The molecule has 1 atom stereocenters. The highest BCUT2D eigenvalue weighted by Gasteiger charge is 2.28. The Kier molecular flexibility index (Phi) is 7.46. The van der Waals surface area contributed by atoms with Crippen LogP contribution in [0, 0.1) is 0 Å². The van der Waals surface area contributed by atoms with Crippen molar-refractivity contribution in [1.29, 1.82) is 0 Å². The Morgan fingerprint density at radius 3 is 2.73 bits per heavy atom. The van der Waals surface area contributed by atoms with E-state index in [1.54, 1.807) is 31.2 Å². The zero-order valence-corrected chi connectivity index (χ0v) is 14.4. The van der Waals surface area contributed by atoms with Crippen LogP contribution in [0.2, 0.25) is 5.02 Å². The Morgan fingerprint density at radius 1 is 1.41 bits per heavy atom. The number of ether oxygens (including phenoxy) is 1. The minimum Gasteiger partial charge on any atom is -0.481 e. The van der Waals surface area contributed by atoms with Gasteiger partial charge in [-0.15, -0.1) is 12.4 Å². The van der Waals surface area contributed by atoms with Crippen molar-refractivity contribution in [3.8, 4) is 5.75 Å². The maximum atomic E-state index is 12.1. The Labute approximate surface area is 143 Å². The van der Waals surface area contributed by atoms with Crippen LogP contribution in [-0.2, 0) is 4.79 Å². The molecule has 0 spiro atoms. The molecular formula is C16H24Cl2N2O2. The van der Waals surface area contributed by atoms with Gasteiger partial charge in [0.25, 0.3) is 5.91 Å². The Morgan fingerprint density at radius 2 is 2.09 bits per heavy atom. The molecule has 1 saturated carbocycles. The monoisotopic (exact) mass is 346 g/mol. The smallest absolute Gasteiger partial charge is 0.260 e. The second kappa shape index (κ2) is 8.61. The second-order valence-electron chi connectivity index (χ2n) is 5.86. The summed E-state index contributed by atoms with van der Waals surface area (Å²) in [6.07, 6.45) is 4.88. The molecule has 0 aliphatic heterocycles. The van der Waals surface area contributed by atoms with Gasteiger partial charge in [0.1, 0.15) is 5.75 Å². The maximum absolute atomic E-state index is 12.1. The van der Waals surface area contributed by atoms with Crippen LogP contribution < -0.4 is 15.8 Å². The average molecular weight is 347 g/mol. The van der Waals surface area contributed by atoms with Gasteiger partial charge >= 0.3 is 0 Å². The summed E-state index contributed by atoms with van der Waals surface area (Å²) in [5, 5.41) is 3.49. The van der Waals surface area contributed by atoms with E-state index in [1.165, 1.54) is 6.42 Å². The van der Waals surface area contributed by atoms with Crippen LogP contribution >= 0.6 is 24.0 Å². The van der Waals surface area contributed by atoms with Gasteiger partial charge in [-0.05, 0) is 38.0 Å². The lowest BCUT2D eigenvalue weighted by Gasteiger charge is -2.33. The normalized spacial score (nSPS) is 18.0. The van der Waals surface area contributed by atoms with Crippen LogP contribution in [0.25, 0.3) is 0 Å². The topological polar surface area (TPSA) is 64.3 Å². The highest BCUT2D eigenvalue weighted by atomic mass is 35.5. The van der Waals surface area contributed by atoms with Gasteiger partial charge in [-0.3, -0.25) is 4.79 Å². The highest BCUT2D eigenvalue weighted by molar-refractivity contribution is 6.30. The first-order valence-electron chi connectivity index (χ1n) is 7.47. The molecule has 1 aliphatic carbocycles. The summed E-state index contributed by atoms with van der Waals surface area (Å²) in [6, 6.07) is 7.03. The lowest BCUT2D eigenvalue weighted by molar-refractivity contribution is -0.127. The number of amides is 1. The van der Waals surface area contributed by atoms with E-state index in [1.807, 2.05) is 0 Å². The predicted molar refractivity (Wildman–Crippen MR) is 91.8 cm³/mol. The van der Waals surface area contributed by atoms with Gasteiger partial charge in [0.2, 0.25) is 0 Å². The highest BCUT2D eigenvalue weighted by Crippen LogP contribution is 2.25. The van der Waals surface area contributed by atoms with Crippen LogP contribution in [-0.4, -0.2) is 24.1 Å². The van der Waals surface area contributed by atoms with Crippen molar-refractivity contribution in [2.45, 2.75) is 50.7 Å². The number of nitrogens with two attached hydrogens (primary N) is 1. The maximum Gasteiger partial charge on any atom is 0.260 e. The van der Waals surface area contributed by atoms with Crippen LogP contribution in [0.1, 0.15) is 39.0 Å². The van der Waals surface area contributed by atoms with E-state index in [2.05, 4.69) is 5.32 Å². The fraction of sp³-hybridized carbons (Fsp3) is 0.562. The molecular weight excluding hydrogens is 323 g/mol. The summed E-state index contributed by atoms with van der Waals surface area (Å²) in [5.41, 5.74) is 6.05. The number of benzene rings is 1. The number of hydrogen-bond donors (Lipinski definition) is 2. The van der Waals surface area contributed by atoms with E-state index in [9.17, 15) is 4.79 Å². The molecule has 1 aliphatic rings. The van der Waals surface area contributed by atoms with Gasteiger partial charge in [0, 0.05) is 17.1 Å². The van der Waals surface area contributed by atoms with Gasteiger partial charge < -0.3 is 15.8 Å². The largest absolute Gasteiger partial charge is 0.481 e. The Balaban J connectivity index is 0.00000242. The summed E-state index contributed by atoms with van der Waals surface area (Å²) in [6.45, 7) is 2.23. The summed E-state index contributed by atoms with van der Waals surface area (Å²) < 4.78 is 5.59. The first kappa shape index (κ1) is 19.1. The molecule has 1 unspecified atom stereocenters. The minimum absolute atomic E-state index is 0. The molecule has 0 bridgehead atoms. The van der Waals surface area contributed by atoms with E-state index < -0.39 is 6.10 Å². The number of halogens is 2. The minimum atomic E-state index is -0.573. The molecule has 1 amide bonds. The molecule has 0 heterocycles. The third-order valence-electron chi connectivity index (χ3n) is 3.94. The van der Waals surface area contributed by atoms with E-state index in [0.29, 0.717) is 17.3 Å². The van der Waals surface area contributed by atoms with Crippen LogP contribution in [0.5, 0.6) is 5.75 Å². The van der Waals surface area contributed by atoms with E-state index in [-0.39, 0.29) is 23.9 Å². The lowest BCUT2D eigenvalue weighted by Crippen LogP contribution is -2.53. The van der Waals surface area contributed by atoms with Gasteiger partial charge in [0.05, 0.1) is 0 Å². The summed E-state index contributed by atoms with van der Waals surface area (Å²) in [4.78, 5) is 12.1. The second-order valence-corrected chi connectivity index (χ2v) is 6.29. The van der Waals surface area contributed by atoms with Crippen LogP contribution in [0.15, 0.2) is 24.3 Å². The molecule has 1 aromatic carbocycles. The molecule has 124 valence electrons. The van der Waals surface area contributed by atoms with Crippen LogP contribution in [0.4, 0.5) is 0 Å². The number of hydrogen-bond acceptors (Lipinski definition) is 3. The molecule has 1 aromatic rings. The number of carbonyl (C=O) groups is 1. The number of nitrogens with one attached hydrogen (secondary N) is 1. The summed E-state index contributed by atoms with van der Waals surface area (Å²) >= 11 is 5.89.